The van der Waals surface area contributed by atoms with Crippen molar-refractivity contribution in [3.63, 3.8) is 0 Å². The van der Waals surface area contributed by atoms with Crippen LogP contribution in [0.15, 0.2) is 54.6 Å². The van der Waals surface area contributed by atoms with Crippen LogP contribution in [0.2, 0.25) is 0 Å². The van der Waals surface area contributed by atoms with Crippen molar-refractivity contribution in [2.45, 2.75) is 6.92 Å². The van der Waals surface area contributed by atoms with E-state index in [9.17, 15) is 14.9 Å². The van der Waals surface area contributed by atoms with E-state index in [1.165, 1.54) is 6.07 Å². The molecule has 30 heavy (non-hydrogen) atoms. The van der Waals surface area contributed by atoms with Crippen molar-refractivity contribution >= 4 is 33.9 Å². The molecule has 0 aliphatic carbocycles. The van der Waals surface area contributed by atoms with Crippen LogP contribution in [0.4, 0.5) is 17.1 Å². The number of anilines is 2. The zero-order valence-corrected chi connectivity index (χ0v) is 16.7. The molecule has 0 saturated carbocycles. The Morgan fingerprint density at radius 1 is 1.10 bits per heavy atom. The number of nitrogens with zero attached hydrogens (tertiary/aromatic N) is 4. The maximum absolute atomic E-state index is 12.3. The molecular weight excluding hydrogens is 382 g/mol. The second-order valence-corrected chi connectivity index (χ2v) is 7.39. The number of piperazine rings is 1. The highest BCUT2D eigenvalue weighted by Crippen LogP contribution is 2.32. The van der Waals surface area contributed by atoms with Gasteiger partial charge in [0, 0.05) is 54.7 Å². The minimum atomic E-state index is -0.387. The monoisotopic (exact) mass is 405 g/mol. The third kappa shape index (κ3) is 4.23. The second-order valence-electron chi connectivity index (χ2n) is 7.39. The largest absolute Gasteiger partial charge is 0.368 e. The molecule has 0 atom stereocenters. The standard InChI is InChI=1S/C22H23N5O3/c1-16-14-20(18-8-5-9-19(27(29)30)22(18)23-16)26-12-10-25(11-13-26)15-21(28)24-17-6-3-2-4-7-17/h2-9,14H,10-13,15H2,1H3,(H,24,28). The maximum atomic E-state index is 12.3. The van der Waals surface area contributed by atoms with Gasteiger partial charge >= 0.3 is 0 Å². The number of benzene rings is 2. The van der Waals surface area contributed by atoms with Crippen LogP contribution in [0.1, 0.15) is 5.69 Å². The van der Waals surface area contributed by atoms with Crippen LogP contribution in [-0.4, -0.2) is 53.4 Å². The van der Waals surface area contributed by atoms with Crippen LogP contribution >= 0.6 is 0 Å². The van der Waals surface area contributed by atoms with E-state index in [1.807, 2.05) is 49.4 Å². The number of rotatable bonds is 5. The number of nitro benzene ring substituents is 1. The fourth-order valence-corrected chi connectivity index (χ4v) is 3.82. The van der Waals surface area contributed by atoms with E-state index in [1.54, 1.807) is 6.07 Å². The number of aromatic nitrogens is 1. The number of aryl methyl sites for hydroxylation is 1. The van der Waals surface area contributed by atoms with Gasteiger partial charge in [0.1, 0.15) is 0 Å². The Morgan fingerprint density at radius 3 is 2.53 bits per heavy atom. The van der Waals surface area contributed by atoms with E-state index in [4.69, 9.17) is 0 Å². The van der Waals surface area contributed by atoms with E-state index in [0.29, 0.717) is 12.1 Å². The summed E-state index contributed by atoms with van der Waals surface area (Å²) in [6, 6.07) is 16.5. The van der Waals surface area contributed by atoms with Gasteiger partial charge in [-0.2, -0.15) is 0 Å². The first kappa shape index (κ1) is 19.8. The number of para-hydroxylation sites is 2. The predicted octanol–water partition coefficient (Wildman–Crippen LogP) is 3.21. The Labute approximate surface area is 174 Å². The molecule has 1 aliphatic rings. The van der Waals surface area contributed by atoms with Gasteiger partial charge in [-0.15, -0.1) is 0 Å². The van der Waals surface area contributed by atoms with Crippen molar-refractivity contribution in [3.05, 3.63) is 70.4 Å². The highest BCUT2D eigenvalue weighted by molar-refractivity contribution is 5.97. The highest BCUT2D eigenvalue weighted by Gasteiger charge is 2.23. The number of hydrogen-bond acceptors (Lipinski definition) is 6. The lowest BCUT2D eigenvalue weighted by Gasteiger charge is -2.36. The Kier molecular flexibility index (Phi) is 5.58. The minimum Gasteiger partial charge on any atom is -0.368 e. The average Bonchev–Trinajstić information content (AvgIpc) is 2.74. The molecule has 2 aromatic carbocycles. The topological polar surface area (TPSA) is 91.6 Å². The van der Waals surface area contributed by atoms with Crippen LogP contribution in [0.3, 0.4) is 0 Å². The molecule has 0 unspecified atom stereocenters. The minimum absolute atomic E-state index is 0.0219. The van der Waals surface area contributed by atoms with Crippen LogP contribution in [0, 0.1) is 17.0 Å². The Bertz CT molecular complexity index is 1080. The molecule has 4 rings (SSSR count). The summed E-state index contributed by atoms with van der Waals surface area (Å²) in [5.74, 6) is -0.0320. The molecule has 8 nitrogen and oxygen atoms in total. The molecule has 1 aromatic heterocycles. The van der Waals surface area contributed by atoms with Gasteiger partial charge in [0.25, 0.3) is 5.69 Å². The Hall–Kier alpha value is -3.52. The van der Waals surface area contributed by atoms with Gasteiger partial charge in [0.2, 0.25) is 5.91 Å². The molecule has 0 spiro atoms. The summed E-state index contributed by atoms with van der Waals surface area (Å²) < 4.78 is 0. The van der Waals surface area contributed by atoms with Crippen molar-refractivity contribution in [3.8, 4) is 0 Å². The lowest BCUT2D eigenvalue weighted by atomic mass is 10.1. The van der Waals surface area contributed by atoms with Crippen molar-refractivity contribution < 1.29 is 9.72 Å². The molecule has 2 heterocycles. The summed E-state index contributed by atoms with van der Waals surface area (Å²) in [5, 5.41) is 15.1. The number of nitro groups is 1. The van der Waals surface area contributed by atoms with Crippen LogP contribution in [0.25, 0.3) is 10.9 Å². The number of fused-ring (bicyclic) bond motifs is 1. The second kappa shape index (κ2) is 8.46. The molecule has 154 valence electrons. The fraction of sp³-hybridized carbons (Fsp3) is 0.273. The maximum Gasteiger partial charge on any atom is 0.295 e. The molecule has 1 amide bonds. The SMILES string of the molecule is Cc1cc(N2CCN(CC(=O)Nc3ccccc3)CC2)c2cccc([N+](=O)[O-])c2n1. The lowest BCUT2D eigenvalue weighted by molar-refractivity contribution is -0.383. The van der Waals surface area contributed by atoms with Crippen molar-refractivity contribution in [2.24, 2.45) is 0 Å². The third-order valence-corrected chi connectivity index (χ3v) is 5.26. The summed E-state index contributed by atoms with van der Waals surface area (Å²) in [5.41, 5.74) is 2.93. The first-order valence-corrected chi connectivity index (χ1v) is 9.88. The van der Waals surface area contributed by atoms with Gasteiger partial charge in [0.15, 0.2) is 5.52 Å². The summed E-state index contributed by atoms with van der Waals surface area (Å²) in [7, 11) is 0. The van der Waals surface area contributed by atoms with Gasteiger partial charge in [0.05, 0.1) is 11.5 Å². The summed E-state index contributed by atoms with van der Waals surface area (Å²) in [6.45, 7) is 5.13. The zero-order chi connectivity index (χ0) is 21.1. The number of carbonyl (C=O) groups is 1. The molecule has 0 bridgehead atoms. The number of non-ortho nitro benzene ring substituents is 1. The number of nitrogens with one attached hydrogen (secondary N) is 1. The van der Waals surface area contributed by atoms with Gasteiger partial charge < -0.3 is 10.2 Å². The first-order chi connectivity index (χ1) is 14.5. The zero-order valence-electron chi connectivity index (χ0n) is 16.7. The molecule has 8 heteroatoms. The van der Waals surface area contributed by atoms with E-state index in [0.717, 1.165) is 48.6 Å². The average molecular weight is 405 g/mol. The van der Waals surface area contributed by atoms with Gasteiger partial charge in [-0.05, 0) is 25.1 Å². The van der Waals surface area contributed by atoms with E-state index in [2.05, 4.69) is 20.1 Å². The van der Waals surface area contributed by atoms with Gasteiger partial charge in [-0.1, -0.05) is 30.3 Å². The first-order valence-electron chi connectivity index (χ1n) is 9.88. The summed E-state index contributed by atoms with van der Waals surface area (Å²) >= 11 is 0. The smallest absolute Gasteiger partial charge is 0.295 e. The van der Waals surface area contributed by atoms with Crippen molar-refractivity contribution in [1.82, 2.24) is 9.88 Å². The molecule has 3 aromatic rings. The lowest BCUT2D eigenvalue weighted by Crippen LogP contribution is -2.48. The van der Waals surface area contributed by atoms with Crippen LogP contribution < -0.4 is 10.2 Å². The molecule has 1 aliphatic heterocycles. The number of amides is 1. The van der Waals surface area contributed by atoms with Gasteiger partial charge in [-0.25, -0.2) is 4.98 Å². The van der Waals surface area contributed by atoms with Crippen LogP contribution in [0.5, 0.6) is 0 Å². The third-order valence-electron chi connectivity index (χ3n) is 5.26. The Balaban J connectivity index is 1.45. The molecular formula is C22H23N5O3. The predicted molar refractivity (Wildman–Crippen MR) is 117 cm³/mol. The fourth-order valence-electron chi connectivity index (χ4n) is 3.82. The summed E-state index contributed by atoms with van der Waals surface area (Å²) in [4.78, 5) is 32.1. The number of hydrogen-bond donors (Lipinski definition) is 1. The molecule has 1 N–H and O–H groups in total. The van der Waals surface area contributed by atoms with E-state index in [-0.39, 0.29) is 16.5 Å². The quantitative estimate of drug-likeness (QED) is 0.518. The van der Waals surface area contributed by atoms with Crippen LogP contribution in [-0.2, 0) is 4.79 Å². The van der Waals surface area contributed by atoms with E-state index < -0.39 is 0 Å². The number of carbonyl (C=O) groups excluding carboxylic acids is 1. The molecule has 1 fully saturated rings. The van der Waals surface area contributed by atoms with E-state index >= 15 is 0 Å². The highest BCUT2D eigenvalue weighted by atomic mass is 16.6. The van der Waals surface area contributed by atoms with Gasteiger partial charge in [-0.3, -0.25) is 19.8 Å². The molecule has 0 radical (unpaired) electrons. The Morgan fingerprint density at radius 2 is 1.83 bits per heavy atom. The molecule has 1 saturated heterocycles. The summed E-state index contributed by atoms with van der Waals surface area (Å²) in [6.07, 6.45) is 0. The number of pyridine rings is 1. The normalized spacial score (nSPS) is 14.6. The van der Waals surface area contributed by atoms with Crippen molar-refractivity contribution in [2.75, 3.05) is 42.9 Å². The van der Waals surface area contributed by atoms with Crippen molar-refractivity contribution in [1.29, 1.82) is 0 Å².